The van der Waals surface area contributed by atoms with Gasteiger partial charge in [-0.3, -0.25) is 5.43 Å². The number of thiocarbonyl (C=S) groups is 1. The molecule has 0 bridgehead atoms. The Labute approximate surface area is 126 Å². The Morgan fingerprint density at radius 2 is 1.95 bits per heavy atom. The number of hydrogen-bond donors (Lipinski definition) is 2. The first-order valence-corrected chi connectivity index (χ1v) is 6.53. The Morgan fingerprint density at radius 3 is 2.65 bits per heavy atom. The Bertz CT molecular complexity index is 629. The summed E-state index contributed by atoms with van der Waals surface area (Å²) in [7, 11) is 0. The molecule has 0 aliphatic rings. The highest BCUT2D eigenvalue weighted by Gasteiger charge is 1.96. The topological polar surface area (TPSA) is 36.4 Å². The van der Waals surface area contributed by atoms with Crippen LogP contribution in [0.1, 0.15) is 5.56 Å². The van der Waals surface area contributed by atoms with Gasteiger partial charge in [-0.1, -0.05) is 23.7 Å². The van der Waals surface area contributed by atoms with Gasteiger partial charge in [0.05, 0.1) is 6.21 Å². The monoisotopic (exact) mass is 307 g/mol. The molecule has 2 aromatic rings. The molecule has 0 aromatic heterocycles. The first kappa shape index (κ1) is 14.4. The molecule has 0 radical (unpaired) electrons. The number of halogens is 2. The van der Waals surface area contributed by atoms with Crippen LogP contribution in [0.15, 0.2) is 53.6 Å². The van der Waals surface area contributed by atoms with Gasteiger partial charge in [0.25, 0.3) is 0 Å². The second-order valence-corrected chi connectivity index (χ2v) is 4.73. The number of nitrogens with zero attached hydrogens (tertiary/aromatic N) is 1. The smallest absolute Gasteiger partial charge is 0.191 e. The fourth-order valence-corrected chi connectivity index (χ4v) is 1.81. The standard InChI is InChI=1S/C14H11ClFN3S/c15-11-3-1-2-10(8-11)9-17-19-14(20)18-13-6-4-12(16)5-7-13/h1-9H,(H2,18,19,20)/b17-9+. The van der Waals surface area contributed by atoms with Gasteiger partial charge in [-0.2, -0.15) is 5.10 Å². The van der Waals surface area contributed by atoms with Crippen molar-refractivity contribution in [3.63, 3.8) is 0 Å². The summed E-state index contributed by atoms with van der Waals surface area (Å²) in [6.07, 6.45) is 1.60. The molecule has 0 atom stereocenters. The number of rotatable bonds is 3. The normalized spacial score (nSPS) is 10.5. The van der Waals surface area contributed by atoms with Crippen molar-refractivity contribution in [1.82, 2.24) is 5.43 Å². The minimum Gasteiger partial charge on any atom is -0.331 e. The SMILES string of the molecule is Fc1ccc(NC(=S)N/N=C/c2cccc(Cl)c2)cc1. The van der Waals surface area contributed by atoms with Crippen LogP contribution in [-0.4, -0.2) is 11.3 Å². The molecular weight excluding hydrogens is 297 g/mol. The molecule has 0 amide bonds. The first-order chi connectivity index (χ1) is 9.63. The molecule has 0 heterocycles. The van der Waals surface area contributed by atoms with E-state index in [1.54, 1.807) is 30.5 Å². The lowest BCUT2D eigenvalue weighted by Gasteiger charge is -2.06. The van der Waals surface area contributed by atoms with E-state index in [2.05, 4.69) is 15.8 Å². The Hall–Kier alpha value is -1.98. The highest BCUT2D eigenvalue weighted by Crippen LogP contribution is 2.09. The summed E-state index contributed by atoms with van der Waals surface area (Å²) in [5.74, 6) is -0.298. The number of anilines is 1. The summed E-state index contributed by atoms with van der Waals surface area (Å²) >= 11 is 10.9. The summed E-state index contributed by atoms with van der Waals surface area (Å²) in [4.78, 5) is 0. The maximum atomic E-state index is 12.7. The molecule has 0 saturated carbocycles. The van der Waals surface area contributed by atoms with Gasteiger partial charge in [0.2, 0.25) is 0 Å². The highest BCUT2D eigenvalue weighted by atomic mass is 35.5. The summed E-state index contributed by atoms with van der Waals surface area (Å²) in [5, 5.41) is 7.82. The van der Waals surface area contributed by atoms with Gasteiger partial charge in [0.15, 0.2) is 5.11 Å². The fourth-order valence-electron chi connectivity index (χ4n) is 1.44. The largest absolute Gasteiger partial charge is 0.331 e. The van der Waals surface area contributed by atoms with Gasteiger partial charge < -0.3 is 5.32 Å². The third-order valence-electron chi connectivity index (χ3n) is 2.33. The average Bonchev–Trinajstić information content (AvgIpc) is 2.41. The zero-order chi connectivity index (χ0) is 14.4. The lowest BCUT2D eigenvalue weighted by Crippen LogP contribution is -2.23. The summed E-state index contributed by atoms with van der Waals surface area (Å²) in [6.45, 7) is 0. The van der Waals surface area contributed by atoms with Gasteiger partial charge >= 0.3 is 0 Å². The van der Waals surface area contributed by atoms with Crippen molar-refractivity contribution in [1.29, 1.82) is 0 Å². The molecule has 3 nitrogen and oxygen atoms in total. The number of nitrogens with one attached hydrogen (secondary N) is 2. The quantitative estimate of drug-likeness (QED) is 0.514. The molecule has 0 saturated heterocycles. The molecule has 6 heteroatoms. The van der Waals surface area contributed by atoms with Crippen molar-refractivity contribution >= 4 is 40.8 Å². The van der Waals surface area contributed by atoms with Crippen LogP contribution in [0.4, 0.5) is 10.1 Å². The van der Waals surface area contributed by atoms with E-state index in [1.165, 1.54) is 12.1 Å². The number of hydrogen-bond acceptors (Lipinski definition) is 2. The maximum absolute atomic E-state index is 12.7. The minimum absolute atomic E-state index is 0.298. The molecule has 2 N–H and O–H groups in total. The molecule has 0 spiro atoms. The minimum atomic E-state index is -0.298. The molecule has 102 valence electrons. The van der Waals surface area contributed by atoms with Crippen LogP contribution >= 0.6 is 23.8 Å². The van der Waals surface area contributed by atoms with Crippen LogP contribution < -0.4 is 10.7 Å². The number of hydrazone groups is 1. The zero-order valence-corrected chi connectivity index (χ0v) is 11.9. The third-order valence-corrected chi connectivity index (χ3v) is 2.76. The van der Waals surface area contributed by atoms with Crippen LogP contribution in [0.2, 0.25) is 5.02 Å². The van der Waals surface area contributed by atoms with Crippen molar-refractivity contribution in [3.8, 4) is 0 Å². The zero-order valence-electron chi connectivity index (χ0n) is 10.3. The van der Waals surface area contributed by atoms with E-state index >= 15 is 0 Å². The molecule has 2 rings (SSSR count). The van der Waals surface area contributed by atoms with E-state index in [-0.39, 0.29) is 5.82 Å². The van der Waals surface area contributed by atoms with Gasteiger partial charge in [-0.15, -0.1) is 0 Å². The van der Waals surface area contributed by atoms with Crippen molar-refractivity contribution < 1.29 is 4.39 Å². The second kappa shape index (κ2) is 6.98. The molecule has 0 fully saturated rings. The van der Waals surface area contributed by atoms with Crippen molar-refractivity contribution in [3.05, 3.63) is 64.9 Å². The van der Waals surface area contributed by atoms with Crippen LogP contribution in [0.5, 0.6) is 0 Å². The van der Waals surface area contributed by atoms with Gasteiger partial charge in [0, 0.05) is 10.7 Å². The summed E-state index contributed by atoms with van der Waals surface area (Å²) in [5.41, 5.74) is 4.21. The summed E-state index contributed by atoms with van der Waals surface area (Å²) < 4.78 is 12.7. The van der Waals surface area contributed by atoms with Crippen LogP contribution in [-0.2, 0) is 0 Å². The van der Waals surface area contributed by atoms with E-state index in [0.29, 0.717) is 15.8 Å². The maximum Gasteiger partial charge on any atom is 0.191 e. The van der Waals surface area contributed by atoms with E-state index in [1.807, 2.05) is 12.1 Å². The van der Waals surface area contributed by atoms with E-state index in [0.717, 1.165) is 5.56 Å². The van der Waals surface area contributed by atoms with Gasteiger partial charge in [-0.05, 0) is 54.2 Å². The lowest BCUT2D eigenvalue weighted by molar-refractivity contribution is 0.628. The Morgan fingerprint density at radius 1 is 1.20 bits per heavy atom. The van der Waals surface area contributed by atoms with Crippen LogP contribution in [0, 0.1) is 5.82 Å². The van der Waals surface area contributed by atoms with Gasteiger partial charge in [-0.25, -0.2) is 4.39 Å². The molecule has 0 aliphatic heterocycles. The van der Waals surface area contributed by atoms with Crippen LogP contribution in [0.25, 0.3) is 0 Å². The lowest BCUT2D eigenvalue weighted by atomic mass is 10.2. The Kier molecular flexibility index (Phi) is 5.03. The van der Waals surface area contributed by atoms with Crippen molar-refractivity contribution in [2.24, 2.45) is 5.10 Å². The second-order valence-electron chi connectivity index (χ2n) is 3.89. The first-order valence-electron chi connectivity index (χ1n) is 5.75. The molecule has 0 aliphatic carbocycles. The molecular formula is C14H11ClFN3S. The number of benzene rings is 2. The predicted octanol–water partition coefficient (Wildman–Crippen LogP) is 3.80. The van der Waals surface area contributed by atoms with Crippen molar-refractivity contribution in [2.45, 2.75) is 0 Å². The highest BCUT2D eigenvalue weighted by molar-refractivity contribution is 7.80. The molecule has 0 unspecified atom stereocenters. The fraction of sp³-hybridized carbons (Fsp3) is 0. The predicted molar refractivity (Wildman–Crippen MR) is 84.8 cm³/mol. The van der Waals surface area contributed by atoms with Crippen molar-refractivity contribution in [2.75, 3.05) is 5.32 Å². The summed E-state index contributed by atoms with van der Waals surface area (Å²) in [6, 6.07) is 13.1. The van der Waals surface area contributed by atoms with E-state index in [9.17, 15) is 4.39 Å². The van der Waals surface area contributed by atoms with E-state index in [4.69, 9.17) is 23.8 Å². The van der Waals surface area contributed by atoms with E-state index < -0.39 is 0 Å². The Balaban J connectivity index is 1.87. The van der Waals surface area contributed by atoms with Gasteiger partial charge in [0.1, 0.15) is 5.82 Å². The average molecular weight is 308 g/mol. The third kappa shape index (κ3) is 4.60. The molecule has 2 aromatic carbocycles. The molecule has 20 heavy (non-hydrogen) atoms. The van der Waals surface area contributed by atoms with Crippen LogP contribution in [0.3, 0.4) is 0 Å².